The van der Waals surface area contributed by atoms with Crippen LogP contribution in [-0.2, 0) is 4.74 Å². The minimum atomic E-state index is -0.467. The van der Waals surface area contributed by atoms with E-state index >= 15 is 0 Å². The van der Waals surface area contributed by atoms with Crippen LogP contribution in [0, 0.1) is 5.92 Å². The molecule has 0 aliphatic carbocycles. The lowest BCUT2D eigenvalue weighted by Gasteiger charge is -2.33. The molecule has 27 heavy (non-hydrogen) atoms. The molecule has 2 aromatic rings. The molecule has 0 spiro atoms. The molecule has 0 atom stereocenters. The predicted molar refractivity (Wildman–Crippen MR) is 105 cm³/mol. The third-order valence-corrected chi connectivity index (χ3v) is 4.57. The van der Waals surface area contributed by atoms with Crippen molar-refractivity contribution < 1.29 is 14.3 Å². The third kappa shape index (κ3) is 5.39. The molecule has 146 valence electrons. The number of piperidine rings is 1. The van der Waals surface area contributed by atoms with Crippen LogP contribution in [0.15, 0.2) is 36.5 Å². The number of halogens is 1. The van der Waals surface area contributed by atoms with E-state index in [1.165, 1.54) is 0 Å². The summed E-state index contributed by atoms with van der Waals surface area (Å²) in [6.07, 6.45) is 3.25. The van der Waals surface area contributed by atoms with Gasteiger partial charge in [0.1, 0.15) is 5.60 Å². The van der Waals surface area contributed by atoms with Crippen LogP contribution in [0.25, 0.3) is 5.69 Å². The monoisotopic (exact) mass is 391 g/mol. The molecule has 0 saturated carbocycles. The van der Waals surface area contributed by atoms with Crippen molar-refractivity contribution in [3.05, 3.63) is 41.7 Å². The van der Waals surface area contributed by atoms with E-state index in [0.717, 1.165) is 18.5 Å². The smallest absolute Gasteiger partial charge is 0.410 e. The number of hydrogen-bond donors (Lipinski definition) is 0. The van der Waals surface area contributed by atoms with E-state index in [1.807, 2.05) is 55.7 Å². The van der Waals surface area contributed by atoms with Gasteiger partial charge in [-0.1, -0.05) is 29.8 Å². The van der Waals surface area contributed by atoms with Gasteiger partial charge >= 0.3 is 12.1 Å². The Morgan fingerprint density at radius 1 is 1.22 bits per heavy atom. The first-order valence-electron chi connectivity index (χ1n) is 9.23. The Labute approximate surface area is 165 Å². The zero-order valence-electron chi connectivity index (χ0n) is 16.0. The summed E-state index contributed by atoms with van der Waals surface area (Å²) >= 11 is 6.07. The number of carbonyl (C=O) groups is 1. The molecule has 0 N–H and O–H groups in total. The lowest BCUT2D eigenvalue weighted by atomic mass is 9.98. The summed E-state index contributed by atoms with van der Waals surface area (Å²) in [6.45, 7) is 7.54. The van der Waals surface area contributed by atoms with Crippen LogP contribution >= 0.6 is 11.6 Å². The summed E-state index contributed by atoms with van der Waals surface area (Å²) in [5, 5.41) is 0.397. The van der Waals surface area contributed by atoms with Crippen molar-refractivity contribution in [1.82, 2.24) is 14.5 Å². The molecule has 1 saturated heterocycles. The lowest BCUT2D eigenvalue weighted by Crippen LogP contribution is -2.42. The number of rotatable bonds is 4. The van der Waals surface area contributed by atoms with E-state index in [0.29, 0.717) is 36.8 Å². The molecule has 1 fully saturated rings. The van der Waals surface area contributed by atoms with Gasteiger partial charge in [-0.05, 0) is 51.7 Å². The van der Waals surface area contributed by atoms with Gasteiger partial charge in [0.25, 0.3) is 0 Å². The molecule has 1 aromatic heterocycles. The standard InChI is InChI=1S/C20H26ClN3O3/c1-20(2,3)27-19(25)23-11-9-15(10-12-23)14-26-18-22-17(21)13-24(18)16-7-5-4-6-8-16/h4-8,13,15H,9-12,14H2,1-3H3. The number of ether oxygens (including phenoxy) is 2. The van der Waals surface area contributed by atoms with Crippen molar-refractivity contribution in [2.24, 2.45) is 5.92 Å². The van der Waals surface area contributed by atoms with E-state index in [-0.39, 0.29) is 6.09 Å². The Balaban J connectivity index is 1.53. The molecular formula is C20H26ClN3O3. The van der Waals surface area contributed by atoms with E-state index in [4.69, 9.17) is 21.1 Å². The molecule has 0 unspecified atom stereocenters. The first-order valence-corrected chi connectivity index (χ1v) is 9.60. The minimum absolute atomic E-state index is 0.242. The highest BCUT2D eigenvalue weighted by Crippen LogP contribution is 2.24. The Hall–Kier alpha value is -2.21. The highest BCUT2D eigenvalue weighted by atomic mass is 35.5. The fraction of sp³-hybridized carbons (Fsp3) is 0.500. The molecule has 1 aliphatic heterocycles. The third-order valence-electron chi connectivity index (χ3n) is 4.39. The lowest BCUT2D eigenvalue weighted by molar-refractivity contribution is 0.0162. The quantitative estimate of drug-likeness (QED) is 0.767. The molecular weight excluding hydrogens is 366 g/mol. The number of carbonyl (C=O) groups excluding carboxylic acids is 1. The van der Waals surface area contributed by atoms with Crippen LogP contribution in [0.2, 0.25) is 5.15 Å². The van der Waals surface area contributed by atoms with Crippen molar-refractivity contribution in [3.8, 4) is 11.7 Å². The van der Waals surface area contributed by atoms with Crippen LogP contribution in [-0.4, -0.2) is 45.8 Å². The Bertz CT molecular complexity index is 763. The van der Waals surface area contributed by atoms with E-state index in [2.05, 4.69) is 4.98 Å². The Morgan fingerprint density at radius 3 is 2.52 bits per heavy atom. The van der Waals surface area contributed by atoms with Crippen LogP contribution in [0.5, 0.6) is 6.01 Å². The van der Waals surface area contributed by atoms with Crippen molar-refractivity contribution >= 4 is 17.7 Å². The second-order valence-electron chi connectivity index (χ2n) is 7.77. The topological polar surface area (TPSA) is 56.6 Å². The van der Waals surface area contributed by atoms with Crippen molar-refractivity contribution in [2.45, 2.75) is 39.2 Å². The van der Waals surface area contributed by atoms with Crippen LogP contribution in [0.3, 0.4) is 0 Å². The molecule has 3 rings (SSSR count). The number of amides is 1. The van der Waals surface area contributed by atoms with Gasteiger partial charge in [0.2, 0.25) is 0 Å². The van der Waals surface area contributed by atoms with Crippen molar-refractivity contribution in [1.29, 1.82) is 0 Å². The van der Waals surface area contributed by atoms with Gasteiger partial charge in [-0.3, -0.25) is 4.57 Å². The Kier molecular flexibility index (Phi) is 5.95. The van der Waals surface area contributed by atoms with Crippen LogP contribution < -0.4 is 4.74 Å². The largest absolute Gasteiger partial charge is 0.464 e. The van der Waals surface area contributed by atoms with E-state index < -0.39 is 5.60 Å². The zero-order valence-corrected chi connectivity index (χ0v) is 16.8. The van der Waals surface area contributed by atoms with Gasteiger partial charge in [0, 0.05) is 13.1 Å². The molecule has 1 amide bonds. The normalized spacial score (nSPS) is 15.6. The molecule has 7 heteroatoms. The summed E-state index contributed by atoms with van der Waals surface area (Å²) < 4.78 is 13.2. The summed E-state index contributed by atoms with van der Waals surface area (Å²) in [7, 11) is 0. The predicted octanol–water partition coefficient (Wildman–Crippen LogP) is 4.55. The summed E-state index contributed by atoms with van der Waals surface area (Å²) in [5.74, 6) is 0.364. The van der Waals surface area contributed by atoms with Gasteiger partial charge in [-0.25, -0.2) is 4.79 Å². The minimum Gasteiger partial charge on any atom is -0.464 e. The van der Waals surface area contributed by atoms with Gasteiger partial charge in [-0.15, -0.1) is 0 Å². The number of nitrogens with zero attached hydrogens (tertiary/aromatic N) is 3. The molecule has 0 radical (unpaired) electrons. The van der Waals surface area contributed by atoms with Crippen molar-refractivity contribution in [3.63, 3.8) is 0 Å². The van der Waals surface area contributed by atoms with E-state index in [9.17, 15) is 4.79 Å². The molecule has 0 bridgehead atoms. The maximum absolute atomic E-state index is 12.1. The average Bonchev–Trinajstić information content (AvgIpc) is 3.00. The molecule has 2 heterocycles. The fourth-order valence-electron chi connectivity index (χ4n) is 3.01. The zero-order chi connectivity index (χ0) is 19.4. The SMILES string of the molecule is CC(C)(C)OC(=O)N1CCC(COc2nc(Cl)cn2-c2ccccc2)CC1. The highest BCUT2D eigenvalue weighted by molar-refractivity contribution is 6.29. The maximum atomic E-state index is 12.1. The second-order valence-corrected chi connectivity index (χ2v) is 8.16. The number of likely N-dealkylation sites (tertiary alicyclic amines) is 1. The highest BCUT2D eigenvalue weighted by Gasteiger charge is 2.27. The summed E-state index contributed by atoms with van der Waals surface area (Å²) in [5.41, 5.74) is 0.483. The van der Waals surface area contributed by atoms with Gasteiger partial charge in [0.15, 0.2) is 5.15 Å². The summed E-state index contributed by atoms with van der Waals surface area (Å²) in [4.78, 5) is 18.2. The van der Waals surface area contributed by atoms with Crippen LogP contribution in [0.4, 0.5) is 4.79 Å². The van der Waals surface area contributed by atoms with Crippen molar-refractivity contribution in [2.75, 3.05) is 19.7 Å². The maximum Gasteiger partial charge on any atom is 0.410 e. The van der Waals surface area contributed by atoms with Gasteiger partial charge in [-0.2, -0.15) is 4.98 Å². The van der Waals surface area contributed by atoms with Gasteiger partial charge in [0.05, 0.1) is 18.5 Å². The number of aromatic nitrogens is 2. The van der Waals surface area contributed by atoms with Gasteiger partial charge < -0.3 is 14.4 Å². The average molecular weight is 392 g/mol. The fourth-order valence-corrected chi connectivity index (χ4v) is 3.18. The summed E-state index contributed by atoms with van der Waals surface area (Å²) in [6, 6.07) is 10.3. The number of para-hydroxylation sites is 1. The Morgan fingerprint density at radius 2 is 1.89 bits per heavy atom. The first kappa shape index (κ1) is 19.5. The molecule has 6 nitrogen and oxygen atoms in total. The van der Waals surface area contributed by atoms with E-state index in [1.54, 1.807) is 11.1 Å². The second kappa shape index (κ2) is 8.21. The number of benzene rings is 1. The molecule has 1 aliphatic rings. The number of imidazole rings is 1. The van der Waals surface area contributed by atoms with Crippen LogP contribution in [0.1, 0.15) is 33.6 Å². The number of hydrogen-bond acceptors (Lipinski definition) is 4. The first-order chi connectivity index (χ1) is 12.8. The molecule has 1 aromatic carbocycles.